The van der Waals surface area contributed by atoms with E-state index in [9.17, 15) is 13.2 Å². The Morgan fingerprint density at radius 3 is 3.05 bits per heavy atom. The van der Waals surface area contributed by atoms with Gasteiger partial charge in [0.05, 0.1) is 19.0 Å². The third kappa shape index (κ3) is 3.71. The summed E-state index contributed by atoms with van der Waals surface area (Å²) in [6, 6.07) is 5.36. The van der Waals surface area contributed by atoms with Crippen molar-refractivity contribution in [2.24, 2.45) is 4.99 Å². The zero-order valence-corrected chi connectivity index (χ0v) is 11.6. The Morgan fingerprint density at radius 2 is 2.35 bits per heavy atom. The number of aromatic nitrogens is 1. The van der Waals surface area contributed by atoms with Gasteiger partial charge in [0.15, 0.2) is 6.17 Å². The monoisotopic (exact) mass is 297 g/mol. The van der Waals surface area contributed by atoms with Crippen molar-refractivity contribution in [3.05, 3.63) is 30.1 Å². The number of sulfonamides is 1. The van der Waals surface area contributed by atoms with Crippen molar-refractivity contribution in [3.63, 3.8) is 0 Å². The predicted molar refractivity (Wildman–Crippen MR) is 71.2 cm³/mol. The maximum atomic E-state index is 12.3. The lowest BCUT2D eigenvalue weighted by Crippen LogP contribution is -2.48. The van der Waals surface area contributed by atoms with Gasteiger partial charge in [-0.25, -0.2) is 13.2 Å². The summed E-state index contributed by atoms with van der Waals surface area (Å²) in [5, 5.41) is 0. The van der Waals surface area contributed by atoms with Gasteiger partial charge in [-0.05, 0) is 12.1 Å². The number of morpholine rings is 1. The second-order valence-electron chi connectivity index (χ2n) is 4.27. The maximum Gasteiger partial charge on any atom is 0.236 e. The molecule has 0 spiro atoms. The van der Waals surface area contributed by atoms with Crippen LogP contribution in [0.4, 0.5) is 0 Å². The van der Waals surface area contributed by atoms with Crippen LogP contribution in [0.3, 0.4) is 0 Å². The van der Waals surface area contributed by atoms with Gasteiger partial charge in [-0.2, -0.15) is 9.30 Å². The molecule has 1 aliphatic rings. The smallest absolute Gasteiger partial charge is 0.236 e. The van der Waals surface area contributed by atoms with E-state index in [4.69, 9.17) is 4.74 Å². The third-order valence-electron chi connectivity index (χ3n) is 2.96. The van der Waals surface area contributed by atoms with Gasteiger partial charge in [-0.1, -0.05) is 6.07 Å². The quantitative estimate of drug-likeness (QED) is 0.561. The molecular formula is C12H15N3O4S. The minimum atomic E-state index is -3.51. The van der Waals surface area contributed by atoms with Crippen molar-refractivity contribution < 1.29 is 17.9 Å². The molecule has 0 N–H and O–H groups in total. The highest BCUT2D eigenvalue weighted by atomic mass is 32.2. The van der Waals surface area contributed by atoms with Crippen molar-refractivity contribution in [2.45, 2.75) is 12.6 Å². The second-order valence-corrected chi connectivity index (χ2v) is 6.31. The lowest BCUT2D eigenvalue weighted by atomic mass is 10.3. The third-order valence-corrected chi connectivity index (χ3v) is 4.82. The van der Waals surface area contributed by atoms with Crippen LogP contribution in [-0.4, -0.2) is 55.5 Å². The van der Waals surface area contributed by atoms with Gasteiger partial charge >= 0.3 is 0 Å². The summed E-state index contributed by atoms with van der Waals surface area (Å²) in [5.41, 5.74) is 0.708. The van der Waals surface area contributed by atoms with Crippen molar-refractivity contribution in [1.82, 2.24) is 9.29 Å². The van der Waals surface area contributed by atoms with E-state index in [-0.39, 0.29) is 18.9 Å². The van der Waals surface area contributed by atoms with Crippen LogP contribution in [0.15, 0.2) is 29.4 Å². The molecule has 0 amide bonds. The van der Waals surface area contributed by atoms with Gasteiger partial charge in [0.25, 0.3) is 0 Å². The average molecular weight is 297 g/mol. The Labute approximate surface area is 117 Å². The molecule has 1 atom stereocenters. The van der Waals surface area contributed by atoms with E-state index in [1.54, 1.807) is 18.3 Å². The molecule has 0 aromatic carbocycles. The van der Waals surface area contributed by atoms with Crippen molar-refractivity contribution in [3.8, 4) is 0 Å². The molecule has 8 heteroatoms. The van der Waals surface area contributed by atoms with E-state index >= 15 is 0 Å². The van der Waals surface area contributed by atoms with Crippen LogP contribution >= 0.6 is 0 Å². The molecule has 0 radical (unpaired) electrons. The normalized spacial score (nSPS) is 20.3. The lowest BCUT2D eigenvalue weighted by Gasteiger charge is -2.30. The van der Waals surface area contributed by atoms with Gasteiger partial charge in [-0.15, -0.1) is 0 Å². The largest absolute Gasteiger partial charge is 0.376 e. The molecule has 20 heavy (non-hydrogen) atoms. The van der Waals surface area contributed by atoms with Gasteiger partial charge in [-0.3, -0.25) is 4.98 Å². The molecule has 1 saturated heterocycles. The Bertz CT molecular complexity index is 584. The number of rotatable bonds is 5. The molecule has 0 saturated carbocycles. The van der Waals surface area contributed by atoms with Crippen LogP contribution in [0.2, 0.25) is 0 Å². The number of hydrogen-bond donors (Lipinski definition) is 0. The minimum absolute atomic E-state index is 0.0745. The molecule has 1 aromatic rings. The summed E-state index contributed by atoms with van der Waals surface area (Å²) in [4.78, 5) is 17.9. The first-order valence-corrected chi connectivity index (χ1v) is 7.78. The molecule has 1 aliphatic heterocycles. The zero-order chi connectivity index (χ0) is 14.4. The fourth-order valence-electron chi connectivity index (χ4n) is 1.96. The molecule has 0 aliphatic carbocycles. The topological polar surface area (TPSA) is 88.9 Å². The molecule has 2 rings (SSSR count). The highest BCUT2D eigenvalue weighted by molar-refractivity contribution is 7.89. The summed E-state index contributed by atoms with van der Waals surface area (Å²) >= 11 is 0. The molecule has 0 bridgehead atoms. The molecule has 2 heterocycles. The number of aryl methyl sites for hydroxylation is 1. The van der Waals surface area contributed by atoms with Crippen molar-refractivity contribution >= 4 is 16.1 Å². The van der Waals surface area contributed by atoms with Crippen LogP contribution in [0.25, 0.3) is 0 Å². The van der Waals surface area contributed by atoms with Crippen LogP contribution in [-0.2, 0) is 26.0 Å². The number of hydrogen-bond acceptors (Lipinski definition) is 6. The number of isocyanates is 1. The van der Waals surface area contributed by atoms with Crippen LogP contribution < -0.4 is 0 Å². The Morgan fingerprint density at radius 1 is 1.50 bits per heavy atom. The minimum Gasteiger partial charge on any atom is -0.376 e. The van der Waals surface area contributed by atoms with Gasteiger partial charge in [0, 0.05) is 24.9 Å². The SMILES string of the molecule is O=C=NC1COCCN1S(=O)(=O)CCc1ccccn1. The first-order chi connectivity index (χ1) is 9.63. The van der Waals surface area contributed by atoms with Crippen molar-refractivity contribution in [1.29, 1.82) is 0 Å². The number of pyridine rings is 1. The van der Waals surface area contributed by atoms with Crippen LogP contribution in [0, 0.1) is 0 Å². The average Bonchev–Trinajstić information content (AvgIpc) is 2.47. The first-order valence-electron chi connectivity index (χ1n) is 6.17. The molecule has 108 valence electrons. The van der Waals surface area contributed by atoms with E-state index in [0.717, 1.165) is 0 Å². The van der Waals surface area contributed by atoms with Crippen LogP contribution in [0.5, 0.6) is 0 Å². The number of ether oxygens (including phenoxy) is 1. The number of carbonyl (C=O) groups excluding carboxylic acids is 1. The van der Waals surface area contributed by atoms with E-state index < -0.39 is 16.2 Å². The van der Waals surface area contributed by atoms with E-state index in [0.29, 0.717) is 18.7 Å². The zero-order valence-electron chi connectivity index (χ0n) is 10.8. The van der Waals surface area contributed by atoms with Gasteiger partial charge < -0.3 is 4.74 Å². The summed E-state index contributed by atoms with van der Waals surface area (Å²) in [6.45, 7) is 0.576. The standard InChI is InChI=1S/C12H15N3O4S/c16-10-14-12-9-19-7-6-15(12)20(17,18)8-4-11-3-1-2-5-13-11/h1-3,5,12H,4,6-9H2. The Balaban J connectivity index is 2.06. The summed E-state index contributed by atoms with van der Waals surface area (Å²) < 4.78 is 30.9. The summed E-state index contributed by atoms with van der Waals surface area (Å²) in [7, 11) is -3.51. The first kappa shape index (κ1) is 14.8. The molecular weight excluding hydrogens is 282 g/mol. The number of nitrogens with zero attached hydrogens (tertiary/aromatic N) is 3. The highest BCUT2D eigenvalue weighted by Gasteiger charge is 2.32. The molecule has 7 nitrogen and oxygen atoms in total. The van der Waals surface area contributed by atoms with Gasteiger partial charge in [0.1, 0.15) is 0 Å². The summed E-state index contributed by atoms with van der Waals surface area (Å²) in [6.07, 6.45) is 2.52. The highest BCUT2D eigenvalue weighted by Crippen LogP contribution is 2.14. The predicted octanol–water partition coefficient (Wildman–Crippen LogP) is -0.0520. The van der Waals surface area contributed by atoms with E-state index in [2.05, 4.69) is 9.98 Å². The Hall–Kier alpha value is -1.60. The Kier molecular flexibility index (Phi) is 4.97. The van der Waals surface area contributed by atoms with E-state index in [1.807, 2.05) is 6.07 Å². The summed E-state index contributed by atoms with van der Waals surface area (Å²) in [5.74, 6) is -0.0745. The second kappa shape index (κ2) is 6.71. The molecule has 1 unspecified atom stereocenters. The lowest BCUT2D eigenvalue weighted by molar-refractivity contribution is 0.0359. The molecule has 1 aromatic heterocycles. The number of aliphatic imine (C=N–C) groups is 1. The molecule has 1 fully saturated rings. The fourth-order valence-corrected chi connectivity index (χ4v) is 3.49. The van der Waals surface area contributed by atoms with Crippen molar-refractivity contribution in [2.75, 3.05) is 25.5 Å². The van der Waals surface area contributed by atoms with Gasteiger partial charge in [0.2, 0.25) is 16.1 Å². The van der Waals surface area contributed by atoms with Crippen LogP contribution in [0.1, 0.15) is 5.69 Å². The van der Waals surface area contributed by atoms with E-state index in [1.165, 1.54) is 10.4 Å². The maximum absolute atomic E-state index is 12.3. The fraction of sp³-hybridized carbons (Fsp3) is 0.500.